The third kappa shape index (κ3) is 1.69. The molecule has 0 fully saturated rings. The normalized spacial score (nSPS) is 12.6. The summed E-state index contributed by atoms with van der Waals surface area (Å²) in [7, 11) is 0. The molecule has 0 aliphatic carbocycles. The standard InChI is InChI=1S/C11H12N4/c1-8(13)6-11-14-9(7-12)10-4-2-3-5-15(10)11/h2-5,8H,6,13H2,1H3. The van der Waals surface area contributed by atoms with Crippen molar-refractivity contribution in [2.24, 2.45) is 5.73 Å². The summed E-state index contributed by atoms with van der Waals surface area (Å²) in [5.74, 6) is 0.845. The average Bonchev–Trinajstić information content (AvgIpc) is 2.56. The molecule has 2 aromatic heterocycles. The summed E-state index contributed by atoms with van der Waals surface area (Å²) in [6.45, 7) is 1.93. The highest BCUT2D eigenvalue weighted by Gasteiger charge is 2.10. The Balaban J connectivity index is 2.61. The minimum absolute atomic E-state index is 0.0438. The topological polar surface area (TPSA) is 67.1 Å². The summed E-state index contributed by atoms with van der Waals surface area (Å²) < 4.78 is 1.92. The third-order valence-electron chi connectivity index (χ3n) is 2.23. The Labute approximate surface area is 88.0 Å². The maximum Gasteiger partial charge on any atom is 0.166 e. The van der Waals surface area contributed by atoms with Crippen LogP contribution in [0.25, 0.3) is 5.52 Å². The number of nitrogens with zero attached hydrogens (tertiary/aromatic N) is 3. The summed E-state index contributed by atoms with van der Waals surface area (Å²) >= 11 is 0. The minimum atomic E-state index is 0.0438. The molecule has 76 valence electrons. The van der Waals surface area contributed by atoms with E-state index in [-0.39, 0.29) is 6.04 Å². The average molecular weight is 200 g/mol. The molecule has 0 saturated carbocycles. The fourth-order valence-electron chi connectivity index (χ4n) is 1.62. The largest absolute Gasteiger partial charge is 0.328 e. The molecule has 1 atom stereocenters. The zero-order valence-corrected chi connectivity index (χ0v) is 8.51. The van der Waals surface area contributed by atoms with Crippen LogP contribution in [-0.2, 0) is 6.42 Å². The van der Waals surface area contributed by atoms with Crippen LogP contribution in [0.4, 0.5) is 0 Å². The first kappa shape index (κ1) is 9.69. The van der Waals surface area contributed by atoms with Gasteiger partial charge in [-0.05, 0) is 19.1 Å². The number of hydrogen-bond acceptors (Lipinski definition) is 3. The summed E-state index contributed by atoms with van der Waals surface area (Å²) in [6.07, 6.45) is 2.58. The third-order valence-corrected chi connectivity index (χ3v) is 2.23. The van der Waals surface area contributed by atoms with E-state index in [1.54, 1.807) is 0 Å². The van der Waals surface area contributed by atoms with E-state index in [1.807, 2.05) is 35.7 Å². The second kappa shape index (κ2) is 3.71. The van der Waals surface area contributed by atoms with E-state index in [4.69, 9.17) is 11.0 Å². The fraction of sp³-hybridized carbons (Fsp3) is 0.273. The van der Waals surface area contributed by atoms with E-state index in [0.717, 1.165) is 11.3 Å². The second-order valence-electron chi connectivity index (χ2n) is 3.63. The molecule has 0 aliphatic heterocycles. The van der Waals surface area contributed by atoms with Gasteiger partial charge in [0.1, 0.15) is 11.9 Å². The number of aromatic nitrogens is 2. The van der Waals surface area contributed by atoms with E-state index in [1.165, 1.54) is 0 Å². The molecule has 2 aromatic rings. The Morgan fingerprint density at radius 3 is 3.07 bits per heavy atom. The van der Waals surface area contributed by atoms with Crippen molar-refractivity contribution in [3.63, 3.8) is 0 Å². The van der Waals surface area contributed by atoms with Crippen molar-refractivity contribution in [2.45, 2.75) is 19.4 Å². The van der Waals surface area contributed by atoms with Crippen LogP contribution < -0.4 is 5.73 Å². The lowest BCUT2D eigenvalue weighted by Crippen LogP contribution is -2.19. The molecule has 0 aromatic carbocycles. The maximum absolute atomic E-state index is 8.93. The van der Waals surface area contributed by atoms with Crippen molar-refractivity contribution in [3.05, 3.63) is 35.9 Å². The van der Waals surface area contributed by atoms with Crippen molar-refractivity contribution in [3.8, 4) is 6.07 Å². The number of fused-ring (bicyclic) bond motifs is 1. The van der Waals surface area contributed by atoms with Crippen LogP contribution in [-0.4, -0.2) is 15.4 Å². The molecule has 2 heterocycles. The molecule has 0 saturated heterocycles. The summed E-state index contributed by atoms with van der Waals surface area (Å²) in [4.78, 5) is 4.27. The number of rotatable bonds is 2. The van der Waals surface area contributed by atoms with E-state index in [9.17, 15) is 0 Å². The monoisotopic (exact) mass is 200 g/mol. The second-order valence-corrected chi connectivity index (χ2v) is 3.63. The minimum Gasteiger partial charge on any atom is -0.328 e. The van der Waals surface area contributed by atoms with Gasteiger partial charge in [-0.25, -0.2) is 4.98 Å². The van der Waals surface area contributed by atoms with Crippen LogP contribution in [0.3, 0.4) is 0 Å². The molecule has 4 nitrogen and oxygen atoms in total. The maximum atomic E-state index is 8.93. The number of hydrogen-bond donors (Lipinski definition) is 1. The van der Waals surface area contributed by atoms with Crippen molar-refractivity contribution in [1.29, 1.82) is 5.26 Å². The highest BCUT2D eigenvalue weighted by molar-refractivity contribution is 5.58. The van der Waals surface area contributed by atoms with Gasteiger partial charge in [-0.3, -0.25) is 0 Å². The smallest absolute Gasteiger partial charge is 0.166 e. The fourth-order valence-corrected chi connectivity index (χ4v) is 1.62. The Morgan fingerprint density at radius 1 is 1.60 bits per heavy atom. The van der Waals surface area contributed by atoms with Gasteiger partial charge in [0.15, 0.2) is 5.69 Å². The molecule has 0 spiro atoms. The number of pyridine rings is 1. The molecular formula is C11H12N4. The van der Waals surface area contributed by atoms with Crippen molar-refractivity contribution < 1.29 is 0 Å². The zero-order valence-electron chi connectivity index (χ0n) is 8.51. The summed E-state index contributed by atoms with van der Waals surface area (Å²) in [6, 6.07) is 7.83. The SMILES string of the molecule is CC(N)Cc1nc(C#N)c2ccccn12. The van der Waals surface area contributed by atoms with Gasteiger partial charge in [0.2, 0.25) is 0 Å². The van der Waals surface area contributed by atoms with E-state index in [2.05, 4.69) is 11.1 Å². The van der Waals surface area contributed by atoms with Gasteiger partial charge in [-0.2, -0.15) is 5.26 Å². The molecule has 0 bridgehead atoms. The lowest BCUT2D eigenvalue weighted by Gasteiger charge is -2.03. The van der Waals surface area contributed by atoms with Crippen molar-refractivity contribution >= 4 is 5.52 Å². The Bertz CT molecular complexity index is 519. The molecule has 0 amide bonds. The first-order valence-corrected chi connectivity index (χ1v) is 4.84. The van der Waals surface area contributed by atoms with Gasteiger partial charge in [0.25, 0.3) is 0 Å². The van der Waals surface area contributed by atoms with E-state index >= 15 is 0 Å². The summed E-state index contributed by atoms with van der Waals surface area (Å²) in [5.41, 5.74) is 7.04. The quantitative estimate of drug-likeness (QED) is 0.789. The van der Waals surface area contributed by atoms with Crippen LogP contribution in [0.1, 0.15) is 18.4 Å². The van der Waals surface area contributed by atoms with E-state index in [0.29, 0.717) is 12.1 Å². The van der Waals surface area contributed by atoms with Crippen LogP contribution in [0.5, 0.6) is 0 Å². The van der Waals surface area contributed by atoms with Crippen LogP contribution in [0, 0.1) is 11.3 Å². The molecule has 2 rings (SSSR count). The lowest BCUT2D eigenvalue weighted by molar-refractivity contribution is 0.699. The zero-order chi connectivity index (χ0) is 10.8. The van der Waals surface area contributed by atoms with Gasteiger partial charge in [-0.1, -0.05) is 6.07 Å². The molecule has 15 heavy (non-hydrogen) atoms. The van der Waals surface area contributed by atoms with Crippen LogP contribution >= 0.6 is 0 Å². The number of nitriles is 1. The molecular weight excluding hydrogens is 188 g/mol. The van der Waals surface area contributed by atoms with E-state index < -0.39 is 0 Å². The van der Waals surface area contributed by atoms with Gasteiger partial charge in [-0.15, -0.1) is 0 Å². The number of nitrogens with two attached hydrogens (primary N) is 1. The van der Waals surface area contributed by atoms with Gasteiger partial charge >= 0.3 is 0 Å². The highest BCUT2D eigenvalue weighted by atomic mass is 15.0. The summed E-state index contributed by atoms with van der Waals surface area (Å²) in [5, 5.41) is 8.93. The van der Waals surface area contributed by atoms with Gasteiger partial charge in [0, 0.05) is 18.7 Å². The van der Waals surface area contributed by atoms with Crippen LogP contribution in [0.15, 0.2) is 24.4 Å². The van der Waals surface area contributed by atoms with Crippen molar-refractivity contribution in [1.82, 2.24) is 9.38 Å². The predicted molar refractivity (Wildman–Crippen MR) is 57.3 cm³/mol. The molecule has 1 unspecified atom stereocenters. The Hall–Kier alpha value is -1.86. The molecule has 0 radical (unpaired) electrons. The van der Waals surface area contributed by atoms with Crippen molar-refractivity contribution in [2.75, 3.05) is 0 Å². The first-order chi connectivity index (χ1) is 7.22. The molecule has 0 aliphatic rings. The van der Waals surface area contributed by atoms with Crippen LogP contribution in [0.2, 0.25) is 0 Å². The van der Waals surface area contributed by atoms with Gasteiger partial charge in [0.05, 0.1) is 5.52 Å². The highest BCUT2D eigenvalue weighted by Crippen LogP contribution is 2.12. The lowest BCUT2D eigenvalue weighted by atomic mass is 10.2. The first-order valence-electron chi connectivity index (χ1n) is 4.84. The molecule has 4 heteroatoms. The number of imidazole rings is 1. The predicted octanol–water partition coefficient (Wildman–Crippen LogP) is 1.10. The Morgan fingerprint density at radius 2 is 2.40 bits per heavy atom. The Kier molecular flexibility index (Phi) is 2.40. The molecule has 2 N–H and O–H groups in total. The van der Waals surface area contributed by atoms with Gasteiger partial charge < -0.3 is 10.1 Å².